The van der Waals surface area contributed by atoms with E-state index in [1.54, 1.807) is 25.7 Å². The molecular weight excluding hydrogens is 155 g/mol. The van der Waals surface area contributed by atoms with Crippen molar-refractivity contribution in [3.8, 4) is 0 Å². The van der Waals surface area contributed by atoms with E-state index < -0.39 is 0 Å². The molecule has 0 amide bonds. The van der Waals surface area contributed by atoms with Crippen LogP contribution >= 0.6 is 0 Å². The van der Waals surface area contributed by atoms with E-state index in [1.165, 1.54) is 29.6 Å². The molecule has 0 bridgehead atoms. The average Bonchev–Trinajstić information content (AvgIpc) is 2.05. The second-order valence-corrected chi connectivity index (χ2v) is 7.29. The van der Waals surface area contributed by atoms with Crippen molar-refractivity contribution < 1.29 is 0 Å². The topological polar surface area (TPSA) is 0 Å². The van der Waals surface area contributed by atoms with Gasteiger partial charge in [0, 0.05) is 0 Å². The summed E-state index contributed by atoms with van der Waals surface area (Å²) >= 11 is 0. The van der Waals surface area contributed by atoms with Gasteiger partial charge in [0.25, 0.3) is 0 Å². The maximum Gasteiger partial charge on any atom is 0.110 e. The molecule has 7 unspecified atom stereocenters. The van der Waals surface area contributed by atoms with Crippen LogP contribution in [0.1, 0.15) is 25.7 Å². The molecule has 6 fully saturated rings. The Morgan fingerprint density at radius 2 is 1.85 bits per heavy atom. The van der Waals surface area contributed by atoms with Crippen molar-refractivity contribution in [2.45, 2.75) is 31.0 Å². The highest BCUT2D eigenvalue weighted by Gasteiger charge is 3.04. The third kappa shape index (κ3) is 0.217. The predicted molar refractivity (Wildman–Crippen MR) is 52.0 cm³/mol. The van der Waals surface area contributed by atoms with E-state index in [-0.39, 0.29) is 0 Å². The van der Waals surface area contributed by atoms with Crippen molar-refractivity contribution in [2.24, 2.45) is 40.4 Å². The maximum absolute atomic E-state index is 2.65. The Morgan fingerprint density at radius 1 is 1.00 bits per heavy atom. The summed E-state index contributed by atoms with van der Waals surface area (Å²) in [5.41, 5.74) is 2.05. The minimum absolute atomic E-state index is 0.897. The van der Waals surface area contributed by atoms with Gasteiger partial charge in [0.15, 0.2) is 0 Å². The van der Waals surface area contributed by atoms with Crippen LogP contribution in [0.4, 0.5) is 0 Å². The summed E-state index contributed by atoms with van der Waals surface area (Å²) in [5, 5.41) is 0.897. The van der Waals surface area contributed by atoms with Gasteiger partial charge in [0.05, 0.1) is 0 Å². The molecule has 6 aliphatic rings. The first-order valence-corrected chi connectivity index (χ1v) is 6.28. The number of hydrogen-bond donors (Lipinski definition) is 0. The van der Waals surface area contributed by atoms with Crippen molar-refractivity contribution in [2.75, 3.05) is 0 Å². The van der Waals surface area contributed by atoms with Gasteiger partial charge in [0.2, 0.25) is 0 Å². The molecule has 66 valence electrons. The smallest absolute Gasteiger partial charge is 0.0506 e. The molecule has 0 saturated heterocycles. The standard InChI is InChI=1S/C12H15B/c13-10-4-6-2-8-7-1-5-3-9(10)11(5,7)12(6,8)10/h5-9H,1-4,13H2/t5?,6?,7?,8?,9?,10-,11?,12?/m1/s1. The van der Waals surface area contributed by atoms with Gasteiger partial charge in [-0.05, 0) is 65.0 Å². The lowest BCUT2D eigenvalue weighted by Gasteiger charge is -3.09. The van der Waals surface area contributed by atoms with E-state index >= 15 is 0 Å². The SMILES string of the molecule is B[C@]12CC3CC4C5CC6CC1C65C342. The van der Waals surface area contributed by atoms with Crippen LogP contribution in [0, 0.1) is 40.4 Å². The molecule has 0 N–H and O–H groups in total. The fourth-order valence-corrected chi connectivity index (χ4v) is 8.62. The third-order valence-corrected chi connectivity index (χ3v) is 8.28. The molecule has 6 aliphatic carbocycles. The molecular formula is C12H15B. The molecule has 6 saturated carbocycles. The quantitative estimate of drug-likeness (QED) is 0.483. The lowest BCUT2D eigenvalue weighted by atomic mass is 8.92. The van der Waals surface area contributed by atoms with E-state index in [1.807, 2.05) is 0 Å². The molecule has 2 spiro atoms. The second kappa shape index (κ2) is 1.08. The van der Waals surface area contributed by atoms with Crippen LogP contribution in [0.15, 0.2) is 0 Å². The van der Waals surface area contributed by atoms with Gasteiger partial charge in [-0.25, -0.2) is 0 Å². The van der Waals surface area contributed by atoms with Crippen molar-refractivity contribution in [3.63, 3.8) is 0 Å². The lowest BCUT2D eigenvalue weighted by molar-refractivity contribution is -0.579. The molecule has 13 heavy (non-hydrogen) atoms. The Balaban J connectivity index is 1.69. The first kappa shape index (κ1) is 5.83. The van der Waals surface area contributed by atoms with E-state index in [0.29, 0.717) is 0 Å². The highest BCUT2D eigenvalue weighted by atomic mass is 15.1. The Kier molecular flexibility index (Phi) is 0.482. The van der Waals surface area contributed by atoms with Crippen LogP contribution in [0.2, 0.25) is 5.31 Å². The van der Waals surface area contributed by atoms with Crippen molar-refractivity contribution >= 4 is 7.85 Å². The Bertz CT molecular complexity index is 391. The van der Waals surface area contributed by atoms with Crippen molar-refractivity contribution in [1.29, 1.82) is 0 Å². The first-order valence-electron chi connectivity index (χ1n) is 6.28. The molecule has 8 atom stereocenters. The number of fused-ring (bicyclic) bond motifs is 2. The highest BCUT2D eigenvalue weighted by molar-refractivity contribution is 6.19. The molecule has 6 rings (SSSR count). The number of rotatable bonds is 0. The summed E-state index contributed by atoms with van der Waals surface area (Å²) in [6.07, 6.45) is 6.59. The van der Waals surface area contributed by atoms with E-state index in [9.17, 15) is 0 Å². The van der Waals surface area contributed by atoms with Crippen LogP contribution in [0.3, 0.4) is 0 Å². The third-order valence-electron chi connectivity index (χ3n) is 8.28. The predicted octanol–water partition coefficient (Wildman–Crippen LogP) is 1.47. The summed E-state index contributed by atoms with van der Waals surface area (Å²) in [5.74, 6) is 6.23. The van der Waals surface area contributed by atoms with Gasteiger partial charge in [-0.2, -0.15) is 0 Å². The summed E-state index contributed by atoms with van der Waals surface area (Å²) in [6.45, 7) is 0. The van der Waals surface area contributed by atoms with Gasteiger partial charge in [-0.15, -0.1) is 0 Å². The first-order chi connectivity index (χ1) is 6.28. The molecule has 0 nitrogen and oxygen atoms in total. The van der Waals surface area contributed by atoms with Crippen molar-refractivity contribution in [3.05, 3.63) is 0 Å². The van der Waals surface area contributed by atoms with E-state index in [0.717, 1.165) is 16.1 Å². The van der Waals surface area contributed by atoms with Crippen LogP contribution in [-0.4, -0.2) is 7.85 Å². The summed E-state index contributed by atoms with van der Waals surface area (Å²) < 4.78 is 0. The van der Waals surface area contributed by atoms with Crippen LogP contribution in [0.5, 0.6) is 0 Å². The molecule has 0 aromatic rings. The zero-order valence-electron chi connectivity index (χ0n) is 8.22. The van der Waals surface area contributed by atoms with Gasteiger partial charge in [-0.1, -0.05) is 6.42 Å². The highest BCUT2D eigenvalue weighted by Crippen LogP contribution is 3.11. The minimum atomic E-state index is 0.897. The van der Waals surface area contributed by atoms with E-state index in [2.05, 4.69) is 7.85 Å². The summed E-state index contributed by atoms with van der Waals surface area (Å²) in [4.78, 5) is 0. The zero-order chi connectivity index (χ0) is 8.22. The number of hydrogen-bond acceptors (Lipinski definition) is 0. The van der Waals surface area contributed by atoms with Gasteiger partial charge in [0.1, 0.15) is 7.85 Å². The van der Waals surface area contributed by atoms with Crippen LogP contribution in [-0.2, 0) is 0 Å². The molecule has 0 heterocycles. The van der Waals surface area contributed by atoms with Crippen molar-refractivity contribution in [1.82, 2.24) is 0 Å². The van der Waals surface area contributed by atoms with Gasteiger partial charge in [-0.3, -0.25) is 0 Å². The Labute approximate surface area is 79.9 Å². The molecule has 0 radical (unpaired) electrons. The Morgan fingerprint density at radius 3 is 2.54 bits per heavy atom. The monoisotopic (exact) mass is 170 g/mol. The van der Waals surface area contributed by atoms with Crippen LogP contribution < -0.4 is 0 Å². The summed E-state index contributed by atoms with van der Waals surface area (Å²) in [7, 11) is 2.65. The molecule has 0 aliphatic heterocycles. The average molecular weight is 170 g/mol. The molecule has 1 heteroatoms. The fourth-order valence-electron chi connectivity index (χ4n) is 8.62. The molecule has 0 aromatic heterocycles. The van der Waals surface area contributed by atoms with E-state index in [4.69, 9.17) is 0 Å². The largest absolute Gasteiger partial charge is 0.110 e. The summed E-state index contributed by atoms with van der Waals surface area (Å²) in [6, 6.07) is 0. The maximum atomic E-state index is 2.65. The van der Waals surface area contributed by atoms with Gasteiger partial charge >= 0.3 is 0 Å². The second-order valence-electron chi connectivity index (χ2n) is 7.29. The lowest BCUT2D eigenvalue weighted by Crippen LogP contribution is -3.03. The Hall–Kier alpha value is 0.0649. The zero-order valence-corrected chi connectivity index (χ0v) is 8.22. The van der Waals surface area contributed by atoms with Crippen LogP contribution in [0.25, 0.3) is 0 Å². The van der Waals surface area contributed by atoms with Gasteiger partial charge < -0.3 is 0 Å². The molecule has 0 aromatic carbocycles. The normalized spacial score (nSPS) is 93.4. The minimum Gasteiger partial charge on any atom is -0.0506 e. The fraction of sp³-hybridized carbons (Fsp3) is 1.00.